The van der Waals surface area contributed by atoms with Crippen molar-refractivity contribution in [1.82, 2.24) is 15.2 Å². The van der Waals surface area contributed by atoms with E-state index in [4.69, 9.17) is 11.6 Å². The number of amides is 4. The van der Waals surface area contributed by atoms with E-state index in [1.165, 1.54) is 11.3 Å². The number of benzene rings is 1. The molecular weight excluding hydrogens is 424 g/mol. The third-order valence-electron chi connectivity index (χ3n) is 5.93. The number of anilines is 1. The zero-order valence-corrected chi connectivity index (χ0v) is 18.2. The van der Waals surface area contributed by atoms with Gasteiger partial charge in [0.05, 0.1) is 0 Å². The predicted octanol–water partition coefficient (Wildman–Crippen LogP) is 3.83. The van der Waals surface area contributed by atoms with Crippen molar-refractivity contribution in [2.24, 2.45) is 5.92 Å². The number of imide groups is 1. The average molecular weight is 447 g/mol. The minimum atomic E-state index is -0.862. The summed E-state index contributed by atoms with van der Waals surface area (Å²) in [5.41, 5.74) is 0.116. The highest BCUT2D eigenvalue weighted by Gasteiger charge is 2.55. The van der Waals surface area contributed by atoms with Gasteiger partial charge in [0.25, 0.3) is 5.91 Å². The Bertz CT molecular complexity index is 994. The first-order valence-corrected chi connectivity index (χ1v) is 11.2. The molecule has 158 valence electrons. The van der Waals surface area contributed by atoms with Crippen molar-refractivity contribution >= 4 is 45.9 Å². The Hall–Kier alpha value is -2.45. The van der Waals surface area contributed by atoms with Crippen LogP contribution in [0.4, 0.5) is 9.93 Å². The Labute approximate surface area is 183 Å². The molecule has 1 aromatic heterocycles. The van der Waals surface area contributed by atoms with E-state index >= 15 is 0 Å². The SMILES string of the molecule is CC1CCCCC12NC(=O)N(CC(=O)Nc1ncc(Cc3ccccc3Cl)s1)C2=O. The van der Waals surface area contributed by atoms with Gasteiger partial charge in [-0.3, -0.25) is 14.5 Å². The summed E-state index contributed by atoms with van der Waals surface area (Å²) in [5.74, 6) is -0.687. The summed E-state index contributed by atoms with van der Waals surface area (Å²) in [5, 5.41) is 6.66. The highest BCUT2D eigenvalue weighted by Crippen LogP contribution is 2.38. The molecule has 9 heteroatoms. The Balaban J connectivity index is 1.38. The van der Waals surface area contributed by atoms with E-state index in [9.17, 15) is 14.4 Å². The summed E-state index contributed by atoms with van der Waals surface area (Å²) in [6.45, 7) is 1.66. The number of aromatic nitrogens is 1. The Kier molecular flexibility index (Phi) is 5.79. The van der Waals surface area contributed by atoms with Gasteiger partial charge in [-0.1, -0.05) is 49.6 Å². The number of thiazole rings is 1. The quantitative estimate of drug-likeness (QED) is 0.683. The monoisotopic (exact) mass is 446 g/mol. The van der Waals surface area contributed by atoms with Gasteiger partial charge in [0.15, 0.2) is 5.13 Å². The van der Waals surface area contributed by atoms with Crippen LogP contribution in [0.2, 0.25) is 5.02 Å². The van der Waals surface area contributed by atoms with Crippen molar-refractivity contribution in [2.45, 2.75) is 44.6 Å². The molecule has 1 aliphatic heterocycles. The number of nitrogens with one attached hydrogen (secondary N) is 2. The number of hydrogen-bond acceptors (Lipinski definition) is 5. The average Bonchev–Trinajstić information content (AvgIpc) is 3.24. The number of halogens is 1. The van der Waals surface area contributed by atoms with Gasteiger partial charge in [-0.15, -0.1) is 11.3 Å². The zero-order chi connectivity index (χ0) is 21.3. The van der Waals surface area contributed by atoms with E-state index in [1.807, 2.05) is 31.2 Å². The summed E-state index contributed by atoms with van der Waals surface area (Å²) in [4.78, 5) is 44.1. The van der Waals surface area contributed by atoms with Gasteiger partial charge in [-0.05, 0) is 30.4 Å². The first kappa shape index (κ1) is 20.8. The normalized spacial score (nSPS) is 23.7. The molecule has 30 heavy (non-hydrogen) atoms. The van der Waals surface area contributed by atoms with Gasteiger partial charge in [0, 0.05) is 22.5 Å². The largest absolute Gasteiger partial charge is 0.325 e. The molecule has 1 saturated heterocycles. The number of urea groups is 1. The molecule has 7 nitrogen and oxygen atoms in total. The standard InChI is InChI=1S/C21H23ClN4O3S/c1-13-6-4-5-9-21(13)18(28)26(20(29)25-21)12-17(27)24-19-23-11-15(30-19)10-14-7-2-3-8-16(14)22/h2-3,7-8,11,13H,4-6,9-10,12H2,1H3,(H,25,29)(H,23,24,27). The first-order chi connectivity index (χ1) is 14.4. The molecule has 1 saturated carbocycles. The topological polar surface area (TPSA) is 91.4 Å². The lowest BCUT2D eigenvalue weighted by Crippen LogP contribution is -2.54. The van der Waals surface area contributed by atoms with Gasteiger partial charge in [-0.25, -0.2) is 9.78 Å². The number of carbonyl (C=O) groups is 3. The number of hydrogen-bond donors (Lipinski definition) is 2. The first-order valence-electron chi connectivity index (χ1n) is 10.0. The highest BCUT2D eigenvalue weighted by molar-refractivity contribution is 7.15. The van der Waals surface area contributed by atoms with Gasteiger partial charge < -0.3 is 10.6 Å². The molecule has 2 heterocycles. The Morgan fingerprint density at radius 2 is 2.17 bits per heavy atom. The molecule has 0 radical (unpaired) electrons. The molecule has 4 rings (SSSR count). The third-order valence-corrected chi connectivity index (χ3v) is 7.21. The molecule has 4 amide bonds. The van der Waals surface area contributed by atoms with E-state index in [-0.39, 0.29) is 18.4 Å². The van der Waals surface area contributed by atoms with Gasteiger partial charge in [0.2, 0.25) is 5.91 Å². The van der Waals surface area contributed by atoms with E-state index in [2.05, 4.69) is 15.6 Å². The summed E-state index contributed by atoms with van der Waals surface area (Å²) >= 11 is 7.54. The molecule has 2 atom stereocenters. The molecule has 2 aliphatic rings. The van der Waals surface area contributed by atoms with E-state index in [1.54, 1.807) is 6.20 Å². The second kappa shape index (κ2) is 8.35. The highest BCUT2D eigenvalue weighted by atomic mass is 35.5. The summed E-state index contributed by atoms with van der Waals surface area (Å²) < 4.78 is 0. The lowest BCUT2D eigenvalue weighted by atomic mass is 9.73. The third kappa shape index (κ3) is 3.94. The fraction of sp³-hybridized carbons (Fsp3) is 0.429. The molecule has 0 bridgehead atoms. The van der Waals surface area contributed by atoms with E-state index in [0.717, 1.165) is 34.6 Å². The van der Waals surface area contributed by atoms with Crippen LogP contribution < -0.4 is 10.6 Å². The van der Waals surface area contributed by atoms with Gasteiger partial charge in [-0.2, -0.15) is 0 Å². The van der Waals surface area contributed by atoms with Crippen molar-refractivity contribution in [2.75, 3.05) is 11.9 Å². The summed E-state index contributed by atoms with van der Waals surface area (Å²) in [7, 11) is 0. The lowest BCUT2D eigenvalue weighted by Gasteiger charge is -2.36. The number of rotatable bonds is 5. The Morgan fingerprint density at radius 3 is 2.93 bits per heavy atom. The molecule has 1 spiro atoms. The van der Waals surface area contributed by atoms with Crippen LogP contribution in [-0.4, -0.2) is 39.8 Å². The summed E-state index contributed by atoms with van der Waals surface area (Å²) in [6.07, 6.45) is 5.75. The van der Waals surface area contributed by atoms with Crippen LogP contribution in [0, 0.1) is 5.92 Å². The van der Waals surface area contributed by atoms with Crippen molar-refractivity contribution in [3.63, 3.8) is 0 Å². The maximum Gasteiger partial charge on any atom is 0.325 e. The zero-order valence-electron chi connectivity index (χ0n) is 16.6. The van der Waals surface area contributed by atoms with Crippen LogP contribution in [0.5, 0.6) is 0 Å². The second-order valence-electron chi connectivity index (χ2n) is 7.89. The van der Waals surface area contributed by atoms with E-state index < -0.39 is 17.5 Å². The van der Waals surface area contributed by atoms with Gasteiger partial charge in [0.1, 0.15) is 12.1 Å². The molecule has 2 aromatic rings. The van der Waals surface area contributed by atoms with E-state index in [0.29, 0.717) is 23.0 Å². The maximum atomic E-state index is 13.0. The molecule has 2 fully saturated rings. The fourth-order valence-corrected chi connectivity index (χ4v) is 5.27. The summed E-state index contributed by atoms with van der Waals surface area (Å²) in [6, 6.07) is 7.07. The van der Waals surface area contributed by atoms with Crippen LogP contribution in [0.1, 0.15) is 43.0 Å². The minimum absolute atomic E-state index is 0.0575. The van der Waals surface area contributed by atoms with Crippen molar-refractivity contribution in [3.8, 4) is 0 Å². The maximum absolute atomic E-state index is 13.0. The van der Waals surface area contributed by atoms with Gasteiger partial charge >= 0.3 is 6.03 Å². The van der Waals surface area contributed by atoms with Crippen LogP contribution in [0.25, 0.3) is 0 Å². The lowest BCUT2D eigenvalue weighted by molar-refractivity contribution is -0.136. The van der Waals surface area contributed by atoms with Crippen LogP contribution >= 0.6 is 22.9 Å². The Morgan fingerprint density at radius 1 is 1.37 bits per heavy atom. The van der Waals surface area contributed by atoms with Crippen molar-refractivity contribution in [3.05, 3.63) is 45.9 Å². The molecule has 1 aromatic carbocycles. The number of carbonyl (C=O) groups excluding carboxylic acids is 3. The molecule has 2 unspecified atom stereocenters. The second-order valence-corrected chi connectivity index (χ2v) is 9.41. The van der Waals surface area contributed by atoms with Crippen LogP contribution in [0.15, 0.2) is 30.5 Å². The number of nitrogens with zero attached hydrogens (tertiary/aromatic N) is 2. The minimum Gasteiger partial charge on any atom is -0.323 e. The van der Waals surface area contributed by atoms with Crippen LogP contribution in [0.3, 0.4) is 0 Å². The molecule has 2 N–H and O–H groups in total. The fourth-order valence-electron chi connectivity index (χ4n) is 4.22. The van der Waals surface area contributed by atoms with Crippen LogP contribution in [-0.2, 0) is 16.0 Å². The van der Waals surface area contributed by atoms with Crippen molar-refractivity contribution < 1.29 is 14.4 Å². The molecular formula is C21H23ClN4O3S. The molecule has 1 aliphatic carbocycles. The van der Waals surface area contributed by atoms with Crippen molar-refractivity contribution in [1.29, 1.82) is 0 Å². The smallest absolute Gasteiger partial charge is 0.323 e. The predicted molar refractivity (Wildman–Crippen MR) is 116 cm³/mol.